The molecule has 0 saturated carbocycles. The second-order valence-electron chi connectivity index (χ2n) is 3.69. The molecule has 0 spiro atoms. The molecule has 0 aliphatic carbocycles. The SMILES string of the molecule is Cc1cc(F)c(Br)cc1-n1cc(C)c(N)n1. The van der Waals surface area contributed by atoms with Crippen LogP contribution in [0.3, 0.4) is 0 Å². The molecule has 0 amide bonds. The molecule has 84 valence electrons. The van der Waals surface area contributed by atoms with E-state index < -0.39 is 0 Å². The number of benzene rings is 1. The van der Waals surface area contributed by atoms with E-state index in [1.165, 1.54) is 6.07 Å². The summed E-state index contributed by atoms with van der Waals surface area (Å²) in [5.41, 5.74) is 8.20. The minimum Gasteiger partial charge on any atom is -0.382 e. The third kappa shape index (κ3) is 1.82. The quantitative estimate of drug-likeness (QED) is 0.875. The van der Waals surface area contributed by atoms with Crippen LogP contribution < -0.4 is 5.73 Å². The summed E-state index contributed by atoms with van der Waals surface area (Å²) in [4.78, 5) is 0. The first-order valence-electron chi connectivity index (χ1n) is 4.77. The Morgan fingerprint density at radius 3 is 2.56 bits per heavy atom. The Bertz CT molecular complexity index is 529. The fourth-order valence-corrected chi connectivity index (χ4v) is 1.81. The smallest absolute Gasteiger partial charge is 0.148 e. The molecule has 0 aliphatic rings. The van der Waals surface area contributed by atoms with Gasteiger partial charge in [0, 0.05) is 11.8 Å². The molecule has 5 heteroatoms. The Kier molecular flexibility index (Phi) is 2.71. The van der Waals surface area contributed by atoms with Gasteiger partial charge in [-0.2, -0.15) is 5.10 Å². The second-order valence-corrected chi connectivity index (χ2v) is 4.55. The zero-order valence-corrected chi connectivity index (χ0v) is 10.5. The van der Waals surface area contributed by atoms with E-state index >= 15 is 0 Å². The van der Waals surface area contributed by atoms with Crippen LogP contribution in [0.2, 0.25) is 0 Å². The lowest BCUT2D eigenvalue weighted by molar-refractivity contribution is 0.619. The number of rotatable bonds is 1. The summed E-state index contributed by atoms with van der Waals surface area (Å²) in [5.74, 6) is 0.206. The van der Waals surface area contributed by atoms with Crippen LogP contribution in [0.1, 0.15) is 11.1 Å². The van der Waals surface area contributed by atoms with Gasteiger partial charge in [-0.05, 0) is 47.5 Å². The second kappa shape index (κ2) is 3.90. The van der Waals surface area contributed by atoms with E-state index in [0.29, 0.717) is 10.3 Å². The normalized spacial score (nSPS) is 10.8. The Hall–Kier alpha value is -1.36. The number of nitrogens with two attached hydrogens (primary N) is 1. The van der Waals surface area contributed by atoms with Gasteiger partial charge < -0.3 is 5.73 Å². The van der Waals surface area contributed by atoms with Gasteiger partial charge in [0.15, 0.2) is 0 Å². The van der Waals surface area contributed by atoms with E-state index in [0.717, 1.165) is 16.8 Å². The average molecular weight is 284 g/mol. The van der Waals surface area contributed by atoms with Gasteiger partial charge in [-0.25, -0.2) is 9.07 Å². The van der Waals surface area contributed by atoms with Crippen LogP contribution in [0.4, 0.5) is 10.2 Å². The third-order valence-corrected chi connectivity index (χ3v) is 3.03. The Morgan fingerprint density at radius 1 is 1.31 bits per heavy atom. The minimum atomic E-state index is -0.280. The van der Waals surface area contributed by atoms with Crippen LogP contribution in [-0.4, -0.2) is 9.78 Å². The standard InChI is InChI=1S/C11H11BrFN3/c1-6-3-9(13)8(12)4-10(6)16-5-7(2)11(14)15-16/h3-5H,1-2H3,(H2,14,15). The fraction of sp³-hybridized carbons (Fsp3) is 0.182. The number of aryl methyl sites for hydroxylation is 2. The van der Waals surface area contributed by atoms with Gasteiger partial charge in [0.1, 0.15) is 11.6 Å². The lowest BCUT2D eigenvalue weighted by atomic mass is 10.2. The topological polar surface area (TPSA) is 43.8 Å². The van der Waals surface area contributed by atoms with Gasteiger partial charge in [0.2, 0.25) is 0 Å². The van der Waals surface area contributed by atoms with E-state index in [2.05, 4.69) is 21.0 Å². The van der Waals surface area contributed by atoms with Crippen molar-refractivity contribution in [2.75, 3.05) is 5.73 Å². The Balaban J connectivity index is 2.60. The molecule has 3 nitrogen and oxygen atoms in total. The van der Waals surface area contributed by atoms with E-state index in [4.69, 9.17) is 5.73 Å². The van der Waals surface area contributed by atoms with Gasteiger partial charge in [-0.1, -0.05) is 0 Å². The number of hydrogen-bond donors (Lipinski definition) is 1. The maximum atomic E-state index is 13.3. The van der Waals surface area contributed by atoms with Gasteiger partial charge >= 0.3 is 0 Å². The molecule has 1 heterocycles. The van der Waals surface area contributed by atoms with Gasteiger partial charge in [0.05, 0.1) is 10.2 Å². The maximum absolute atomic E-state index is 13.3. The maximum Gasteiger partial charge on any atom is 0.148 e. The lowest BCUT2D eigenvalue weighted by Gasteiger charge is -2.07. The van der Waals surface area contributed by atoms with Crippen molar-refractivity contribution < 1.29 is 4.39 Å². The lowest BCUT2D eigenvalue weighted by Crippen LogP contribution is -1.99. The monoisotopic (exact) mass is 283 g/mol. The number of halogens is 2. The number of nitrogen functional groups attached to an aromatic ring is 1. The van der Waals surface area contributed by atoms with Crippen LogP contribution in [-0.2, 0) is 0 Å². The van der Waals surface area contributed by atoms with Crippen molar-refractivity contribution in [3.63, 3.8) is 0 Å². The van der Waals surface area contributed by atoms with Gasteiger partial charge in [0.25, 0.3) is 0 Å². The average Bonchev–Trinajstić information content (AvgIpc) is 2.53. The van der Waals surface area contributed by atoms with Crippen molar-refractivity contribution in [2.24, 2.45) is 0 Å². The molecule has 1 aromatic carbocycles. The summed E-state index contributed by atoms with van der Waals surface area (Å²) in [6.45, 7) is 3.71. The summed E-state index contributed by atoms with van der Waals surface area (Å²) in [5, 5.41) is 4.16. The molecule has 2 N–H and O–H groups in total. The third-order valence-electron chi connectivity index (χ3n) is 2.42. The van der Waals surface area contributed by atoms with Crippen molar-refractivity contribution in [1.29, 1.82) is 0 Å². The zero-order valence-electron chi connectivity index (χ0n) is 8.96. The van der Waals surface area contributed by atoms with Crippen LogP contribution in [0.5, 0.6) is 0 Å². The molecule has 0 radical (unpaired) electrons. The molecule has 16 heavy (non-hydrogen) atoms. The molecule has 2 rings (SSSR count). The molecular weight excluding hydrogens is 273 g/mol. The van der Waals surface area contributed by atoms with E-state index in [9.17, 15) is 4.39 Å². The summed E-state index contributed by atoms with van der Waals surface area (Å²) in [6.07, 6.45) is 1.82. The number of nitrogens with zero attached hydrogens (tertiary/aromatic N) is 2. The predicted octanol–water partition coefficient (Wildman–Crippen LogP) is 2.97. The Morgan fingerprint density at radius 2 is 2.00 bits per heavy atom. The molecule has 0 atom stereocenters. The highest BCUT2D eigenvalue weighted by molar-refractivity contribution is 9.10. The predicted molar refractivity (Wildman–Crippen MR) is 65.1 cm³/mol. The van der Waals surface area contributed by atoms with Crippen LogP contribution in [0, 0.1) is 19.7 Å². The highest BCUT2D eigenvalue weighted by Crippen LogP contribution is 2.24. The van der Waals surface area contributed by atoms with Crippen molar-refractivity contribution in [2.45, 2.75) is 13.8 Å². The number of anilines is 1. The fourth-order valence-electron chi connectivity index (χ4n) is 1.48. The van der Waals surface area contributed by atoms with Gasteiger partial charge in [-0.3, -0.25) is 0 Å². The summed E-state index contributed by atoms with van der Waals surface area (Å²) >= 11 is 3.16. The van der Waals surface area contributed by atoms with Crippen molar-refractivity contribution >= 4 is 21.7 Å². The van der Waals surface area contributed by atoms with E-state index in [1.807, 2.05) is 20.0 Å². The van der Waals surface area contributed by atoms with E-state index in [-0.39, 0.29) is 5.82 Å². The highest BCUT2D eigenvalue weighted by atomic mass is 79.9. The molecule has 2 aromatic rings. The molecule has 0 bridgehead atoms. The molecule has 0 fully saturated rings. The highest BCUT2D eigenvalue weighted by Gasteiger charge is 2.09. The largest absolute Gasteiger partial charge is 0.382 e. The molecule has 0 saturated heterocycles. The molecule has 0 aliphatic heterocycles. The van der Waals surface area contributed by atoms with E-state index in [1.54, 1.807) is 10.7 Å². The number of hydrogen-bond acceptors (Lipinski definition) is 2. The molecular formula is C11H11BrFN3. The van der Waals surface area contributed by atoms with Crippen molar-refractivity contribution in [1.82, 2.24) is 9.78 Å². The van der Waals surface area contributed by atoms with Crippen LogP contribution in [0.15, 0.2) is 22.8 Å². The van der Waals surface area contributed by atoms with Gasteiger partial charge in [-0.15, -0.1) is 0 Å². The minimum absolute atomic E-state index is 0.280. The Labute approximate surface area is 101 Å². The zero-order chi connectivity index (χ0) is 11.9. The van der Waals surface area contributed by atoms with Crippen molar-refractivity contribution in [3.8, 4) is 5.69 Å². The van der Waals surface area contributed by atoms with Crippen molar-refractivity contribution in [3.05, 3.63) is 39.7 Å². The summed E-state index contributed by atoms with van der Waals surface area (Å²) in [6, 6.07) is 3.16. The molecule has 0 unspecified atom stereocenters. The summed E-state index contributed by atoms with van der Waals surface area (Å²) < 4.78 is 15.3. The molecule has 1 aromatic heterocycles. The van der Waals surface area contributed by atoms with Crippen LogP contribution >= 0.6 is 15.9 Å². The number of aromatic nitrogens is 2. The first kappa shape index (κ1) is 11.1. The summed E-state index contributed by atoms with van der Waals surface area (Å²) in [7, 11) is 0. The first-order valence-corrected chi connectivity index (χ1v) is 5.56. The first-order chi connectivity index (χ1) is 7.49. The van der Waals surface area contributed by atoms with Crippen LogP contribution in [0.25, 0.3) is 5.69 Å².